The third-order valence-electron chi connectivity index (χ3n) is 5.61. The first-order chi connectivity index (χ1) is 13.2. The zero-order chi connectivity index (χ0) is 18.4. The molecule has 3 nitrogen and oxygen atoms in total. The van der Waals surface area contributed by atoms with E-state index in [9.17, 15) is 0 Å². The summed E-state index contributed by atoms with van der Waals surface area (Å²) < 4.78 is 18.3. The monoisotopic (exact) mass is 356 g/mol. The predicted octanol–water partition coefficient (Wildman–Crippen LogP) is 4.43. The van der Waals surface area contributed by atoms with Gasteiger partial charge in [0.1, 0.15) is 0 Å². The van der Waals surface area contributed by atoms with Crippen LogP contribution in [-0.4, -0.2) is 20.3 Å². The van der Waals surface area contributed by atoms with Crippen LogP contribution in [0.2, 0.25) is 0 Å². The molecule has 134 valence electrons. The second-order valence-corrected chi connectivity index (χ2v) is 7.18. The fourth-order valence-corrected chi connectivity index (χ4v) is 4.09. The fraction of sp³-hybridized carbons (Fsp3) is 0.217. The van der Waals surface area contributed by atoms with E-state index in [-0.39, 0.29) is 18.3 Å². The van der Waals surface area contributed by atoms with Gasteiger partial charge in [-0.1, -0.05) is 60.7 Å². The lowest BCUT2D eigenvalue weighted by molar-refractivity contribution is 0.120. The number of ether oxygens (including phenoxy) is 1. The molecule has 1 aliphatic heterocycles. The van der Waals surface area contributed by atoms with Crippen LogP contribution >= 0.6 is 0 Å². The van der Waals surface area contributed by atoms with E-state index in [0.717, 1.165) is 11.0 Å². The topological polar surface area (TPSA) is 27.7 Å². The second kappa shape index (κ2) is 6.64. The lowest BCUT2D eigenvalue weighted by atomic mass is 9.75. The van der Waals surface area contributed by atoms with Crippen LogP contribution in [0, 0.1) is 0 Å². The van der Waals surface area contributed by atoms with E-state index in [1.807, 2.05) is 19.1 Å². The average Bonchev–Trinajstić information content (AvgIpc) is 3.16. The summed E-state index contributed by atoms with van der Waals surface area (Å²) in [4.78, 5) is 0. The van der Waals surface area contributed by atoms with Crippen LogP contribution in [0.4, 0.5) is 0 Å². The molecule has 2 aliphatic rings. The molecule has 0 spiro atoms. The minimum Gasteiger partial charge on any atom is -0.398 e. The van der Waals surface area contributed by atoms with E-state index < -0.39 is 7.12 Å². The van der Waals surface area contributed by atoms with Crippen molar-refractivity contribution in [3.63, 3.8) is 0 Å². The van der Waals surface area contributed by atoms with Crippen LogP contribution in [0.1, 0.15) is 35.8 Å². The number of fused-ring (bicyclic) bond motifs is 4. The maximum atomic E-state index is 6.43. The quantitative estimate of drug-likeness (QED) is 0.650. The van der Waals surface area contributed by atoms with Crippen molar-refractivity contribution >= 4 is 29.4 Å². The summed E-state index contributed by atoms with van der Waals surface area (Å²) >= 11 is 0. The predicted molar refractivity (Wildman–Crippen MR) is 109 cm³/mol. The van der Waals surface area contributed by atoms with E-state index in [1.54, 1.807) is 7.11 Å². The highest BCUT2D eigenvalue weighted by Gasteiger charge is 2.43. The van der Waals surface area contributed by atoms with Crippen LogP contribution in [0.15, 0.2) is 66.7 Å². The Balaban J connectivity index is 1.52. The lowest BCUT2D eigenvalue weighted by Crippen LogP contribution is -2.36. The molecule has 3 aromatic rings. The van der Waals surface area contributed by atoms with E-state index in [4.69, 9.17) is 14.0 Å². The molecule has 3 aromatic carbocycles. The average molecular weight is 356 g/mol. The van der Waals surface area contributed by atoms with Crippen LogP contribution in [0.3, 0.4) is 0 Å². The van der Waals surface area contributed by atoms with Crippen molar-refractivity contribution in [3.05, 3.63) is 83.4 Å². The third kappa shape index (κ3) is 2.81. The molecule has 1 saturated heterocycles. The molecule has 4 heteroatoms. The largest absolute Gasteiger partial charge is 0.495 e. The molecule has 0 bridgehead atoms. The van der Waals surface area contributed by atoms with Gasteiger partial charge >= 0.3 is 7.12 Å². The van der Waals surface area contributed by atoms with Crippen molar-refractivity contribution in [2.75, 3.05) is 7.11 Å². The summed E-state index contributed by atoms with van der Waals surface area (Å²) in [6.45, 7) is 2.04. The number of hydrogen-bond acceptors (Lipinski definition) is 3. The Morgan fingerprint density at radius 2 is 1.70 bits per heavy atom. The van der Waals surface area contributed by atoms with Crippen molar-refractivity contribution in [1.29, 1.82) is 0 Å². The number of rotatable bonds is 3. The van der Waals surface area contributed by atoms with Crippen LogP contribution in [0.25, 0.3) is 16.8 Å². The molecule has 1 aliphatic carbocycles. The summed E-state index contributed by atoms with van der Waals surface area (Å²) in [5, 5.41) is 2.47. The zero-order valence-electron chi connectivity index (χ0n) is 15.5. The van der Waals surface area contributed by atoms with Crippen molar-refractivity contribution in [3.8, 4) is 0 Å². The maximum absolute atomic E-state index is 6.43. The van der Waals surface area contributed by atoms with Gasteiger partial charge in [-0.2, -0.15) is 0 Å². The highest BCUT2D eigenvalue weighted by Crippen LogP contribution is 2.39. The molecular weight excluding hydrogens is 335 g/mol. The first-order valence-electron chi connectivity index (χ1n) is 9.38. The van der Waals surface area contributed by atoms with Gasteiger partial charge in [0.25, 0.3) is 0 Å². The molecule has 0 radical (unpaired) electrons. The van der Waals surface area contributed by atoms with Crippen molar-refractivity contribution in [2.45, 2.75) is 25.2 Å². The normalized spacial score (nSPS) is 21.9. The molecule has 0 unspecified atom stereocenters. The molecule has 1 heterocycles. The maximum Gasteiger partial charge on any atom is 0.495 e. The molecule has 5 rings (SSSR count). The van der Waals surface area contributed by atoms with Crippen LogP contribution < -0.4 is 5.46 Å². The molecule has 0 amide bonds. The smallest absolute Gasteiger partial charge is 0.398 e. The summed E-state index contributed by atoms with van der Waals surface area (Å²) in [6, 6.07) is 21.1. The summed E-state index contributed by atoms with van der Waals surface area (Å²) in [5.74, 6) is 0. The molecule has 0 N–H and O–H groups in total. The minimum absolute atomic E-state index is 0.0113. The number of benzene rings is 3. The van der Waals surface area contributed by atoms with Gasteiger partial charge < -0.3 is 14.0 Å². The molecule has 0 saturated carbocycles. The molecular formula is C23H21BO3. The van der Waals surface area contributed by atoms with E-state index in [0.29, 0.717) is 0 Å². The Morgan fingerprint density at radius 1 is 0.963 bits per heavy atom. The Morgan fingerprint density at radius 3 is 2.52 bits per heavy atom. The fourth-order valence-electron chi connectivity index (χ4n) is 4.09. The van der Waals surface area contributed by atoms with Gasteiger partial charge in [0.2, 0.25) is 0 Å². The Labute approximate surface area is 159 Å². The Kier molecular flexibility index (Phi) is 4.12. The SMILES string of the molecule is CO[C@H](C)c1ccccc1B1O[C@H]2C=Cc3cc4ccccc4cc3[C@H]2O1. The molecule has 1 fully saturated rings. The first-order valence-corrected chi connectivity index (χ1v) is 9.38. The highest BCUT2D eigenvalue weighted by atomic mass is 16.7. The van der Waals surface area contributed by atoms with Gasteiger partial charge in [0.15, 0.2) is 0 Å². The van der Waals surface area contributed by atoms with Gasteiger partial charge in [-0.15, -0.1) is 0 Å². The van der Waals surface area contributed by atoms with E-state index in [1.165, 1.54) is 21.9 Å². The summed E-state index contributed by atoms with van der Waals surface area (Å²) in [6.07, 6.45) is 4.09. The minimum atomic E-state index is -0.393. The van der Waals surface area contributed by atoms with E-state index in [2.05, 4.69) is 60.7 Å². The first kappa shape index (κ1) is 16.8. The summed E-state index contributed by atoms with van der Waals surface area (Å²) in [5.41, 5.74) is 4.54. The lowest BCUT2D eigenvalue weighted by Gasteiger charge is -2.23. The Hall–Kier alpha value is -2.40. The van der Waals surface area contributed by atoms with Gasteiger partial charge in [-0.3, -0.25) is 0 Å². The van der Waals surface area contributed by atoms with Gasteiger partial charge in [-0.25, -0.2) is 0 Å². The van der Waals surface area contributed by atoms with Gasteiger partial charge in [0, 0.05) is 7.11 Å². The van der Waals surface area contributed by atoms with Gasteiger partial charge in [0.05, 0.1) is 18.3 Å². The van der Waals surface area contributed by atoms with Crippen molar-refractivity contribution < 1.29 is 14.0 Å². The number of methoxy groups -OCH3 is 1. The van der Waals surface area contributed by atoms with Crippen molar-refractivity contribution in [2.24, 2.45) is 0 Å². The molecule has 0 aromatic heterocycles. The second-order valence-electron chi connectivity index (χ2n) is 7.18. The Bertz CT molecular complexity index is 1030. The summed E-state index contributed by atoms with van der Waals surface area (Å²) in [7, 11) is 1.33. The number of hydrogen-bond donors (Lipinski definition) is 0. The van der Waals surface area contributed by atoms with Crippen LogP contribution in [-0.2, 0) is 14.0 Å². The third-order valence-corrected chi connectivity index (χ3v) is 5.61. The van der Waals surface area contributed by atoms with E-state index >= 15 is 0 Å². The zero-order valence-corrected chi connectivity index (χ0v) is 15.5. The van der Waals surface area contributed by atoms with Gasteiger partial charge in [-0.05, 0) is 52.0 Å². The standard InChI is InChI=1S/C23H21BO3/c1-15(25-2)19-9-5-6-10-21(19)24-26-22-12-11-18-13-16-7-3-4-8-17(16)14-20(18)23(22)27-24/h3-15,22-23H,1-2H3/t15-,22+,23-/m1/s1. The highest BCUT2D eigenvalue weighted by molar-refractivity contribution is 6.62. The molecule has 27 heavy (non-hydrogen) atoms. The van der Waals surface area contributed by atoms with Crippen LogP contribution in [0.5, 0.6) is 0 Å². The molecule has 3 atom stereocenters. The van der Waals surface area contributed by atoms with Crippen molar-refractivity contribution in [1.82, 2.24) is 0 Å².